The van der Waals surface area contributed by atoms with Crippen LogP contribution in [0, 0.1) is 0 Å². The number of rotatable bonds is 3. The summed E-state index contributed by atoms with van der Waals surface area (Å²) in [7, 11) is 0. The Morgan fingerprint density at radius 2 is 2.00 bits per heavy atom. The van der Waals surface area contributed by atoms with E-state index in [-0.39, 0.29) is 24.4 Å². The summed E-state index contributed by atoms with van der Waals surface area (Å²) in [6.45, 7) is 6.37. The van der Waals surface area contributed by atoms with Crippen LogP contribution in [0.15, 0.2) is 0 Å². The zero-order valence-corrected chi connectivity index (χ0v) is 12.5. The lowest BCUT2D eigenvalue weighted by Crippen LogP contribution is -2.53. The molecule has 6 heteroatoms. The summed E-state index contributed by atoms with van der Waals surface area (Å²) in [5.41, 5.74) is 6.03. The van der Waals surface area contributed by atoms with E-state index in [1.165, 1.54) is 12.8 Å². The van der Waals surface area contributed by atoms with E-state index in [1.807, 2.05) is 11.8 Å². The van der Waals surface area contributed by atoms with Crippen LogP contribution in [0.5, 0.6) is 0 Å². The van der Waals surface area contributed by atoms with Crippen LogP contribution in [0.3, 0.4) is 0 Å². The Morgan fingerprint density at radius 1 is 1.32 bits per heavy atom. The molecule has 19 heavy (non-hydrogen) atoms. The summed E-state index contributed by atoms with van der Waals surface area (Å²) in [6, 6.07) is 0.506. The van der Waals surface area contributed by atoms with Crippen LogP contribution >= 0.6 is 12.4 Å². The third kappa shape index (κ3) is 4.60. The van der Waals surface area contributed by atoms with E-state index in [0.717, 1.165) is 26.1 Å². The van der Waals surface area contributed by atoms with Crippen molar-refractivity contribution in [2.75, 3.05) is 39.4 Å². The number of hydrogen-bond donors (Lipinski definition) is 1. The molecule has 112 valence electrons. The topological polar surface area (TPSA) is 58.8 Å². The fraction of sp³-hybridized carbons (Fsp3) is 0.923. The number of morpholine rings is 1. The van der Waals surface area contributed by atoms with Crippen molar-refractivity contribution in [1.29, 1.82) is 0 Å². The molecule has 2 N–H and O–H groups in total. The molecule has 2 atom stereocenters. The van der Waals surface area contributed by atoms with Gasteiger partial charge in [0.2, 0.25) is 5.91 Å². The number of carbonyl (C=O) groups excluding carboxylic acids is 1. The Balaban J connectivity index is 0.00000180. The highest BCUT2D eigenvalue weighted by Gasteiger charge is 2.28. The standard InChI is InChI=1S/C13H25N3O2.ClH/c1-11(14)12-4-2-3-5-16(12)10-13(17)15-6-8-18-9-7-15;/h11-12H,2-10,14H2,1H3;1H. The lowest BCUT2D eigenvalue weighted by molar-refractivity contribution is -0.137. The summed E-state index contributed by atoms with van der Waals surface area (Å²) < 4.78 is 5.27. The first-order valence-corrected chi connectivity index (χ1v) is 7.03. The monoisotopic (exact) mass is 291 g/mol. The highest BCUT2D eigenvalue weighted by molar-refractivity contribution is 5.85. The fourth-order valence-electron chi connectivity index (χ4n) is 2.89. The number of piperidine rings is 1. The molecule has 1 amide bonds. The Hall–Kier alpha value is -0.360. The molecule has 2 aliphatic heterocycles. The molecular weight excluding hydrogens is 266 g/mol. The van der Waals surface area contributed by atoms with Gasteiger partial charge in [0, 0.05) is 25.2 Å². The molecule has 0 bridgehead atoms. The summed E-state index contributed by atoms with van der Waals surface area (Å²) in [5, 5.41) is 0. The minimum absolute atomic E-state index is 0. The average molecular weight is 292 g/mol. The van der Waals surface area contributed by atoms with Crippen LogP contribution in [0.1, 0.15) is 26.2 Å². The van der Waals surface area contributed by atoms with E-state index in [9.17, 15) is 4.79 Å². The first-order chi connectivity index (χ1) is 8.68. The van der Waals surface area contributed by atoms with E-state index in [2.05, 4.69) is 4.90 Å². The predicted molar refractivity (Wildman–Crippen MR) is 77.5 cm³/mol. The van der Waals surface area contributed by atoms with E-state index >= 15 is 0 Å². The van der Waals surface area contributed by atoms with E-state index in [0.29, 0.717) is 25.8 Å². The number of likely N-dealkylation sites (tertiary alicyclic amines) is 1. The van der Waals surface area contributed by atoms with Gasteiger partial charge in [0.25, 0.3) is 0 Å². The van der Waals surface area contributed by atoms with Crippen LogP contribution in [-0.2, 0) is 9.53 Å². The SMILES string of the molecule is CC(N)C1CCCCN1CC(=O)N1CCOCC1.Cl. The molecule has 0 aromatic heterocycles. The van der Waals surface area contributed by atoms with E-state index in [4.69, 9.17) is 10.5 Å². The van der Waals surface area contributed by atoms with Gasteiger partial charge in [-0.3, -0.25) is 9.69 Å². The highest BCUT2D eigenvalue weighted by atomic mass is 35.5. The summed E-state index contributed by atoms with van der Waals surface area (Å²) in [5.74, 6) is 0.228. The Kier molecular flexibility index (Phi) is 7.07. The predicted octanol–water partition coefficient (Wildman–Crippen LogP) is 0.469. The number of nitrogens with two attached hydrogens (primary N) is 1. The van der Waals surface area contributed by atoms with Gasteiger partial charge in [0.05, 0.1) is 19.8 Å². The molecular formula is C13H26ClN3O2. The van der Waals surface area contributed by atoms with Crippen molar-refractivity contribution in [3.05, 3.63) is 0 Å². The summed E-state index contributed by atoms with van der Waals surface area (Å²) in [4.78, 5) is 16.4. The fourth-order valence-corrected chi connectivity index (χ4v) is 2.89. The van der Waals surface area contributed by atoms with Gasteiger partial charge in [-0.2, -0.15) is 0 Å². The lowest BCUT2D eigenvalue weighted by atomic mass is 9.97. The normalized spacial score (nSPS) is 26.6. The van der Waals surface area contributed by atoms with Crippen LogP contribution in [0.25, 0.3) is 0 Å². The number of hydrogen-bond acceptors (Lipinski definition) is 4. The molecule has 2 fully saturated rings. The molecule has 0 aliphatic carbocycles. The number of amides is 1. The first kappa shape index (κ1) is 16.7. The quantitative estimate of drug-likeness (QED) is 0.821. The van der Waals surface area contributed by atoms with Crippen molar-refractivity contribution in [1.82, 2.24) is 9.80 Å². The number of ether oxygens (including phenoxy) is 1. The Labute approximate surface area is 121 Å². The van der Waals surface area contributed by atoms with Gasteiger partial charge in [-0.15, -0.1) is 12.4 Å². The van der Waals surface area contributed by atoms with Crippen LogP contribution in [0.4, 0.5) is 0 Å². The molecule has 2 aliphatic rings. The van der Waals surface area contributed by atoms with Crippen molar-refractivity contribution in [3.63, 3.8) is 0 Å². The molecule has 5 nitrogen and oxygen atoms in total. The average Bonchev–Trinajstić information content (AvgIpc) is 2.40. The van der Waals surface area contributed by atoms with Gasteiger partial charge >= 0.3 is 0 Å². The zero-order valence-electron chi connectivity index (χ0n) is 11.7. The van der Waals surface area contributed by atoms with Gasteiger partial charge < -0.3 is 15.4 Å². The second kappa shape index (κ2) is 8.04. The third-order valence-electron chi connectivity index (χ3n) is 3.97. The second-order valence-electron chi connectivity index (χ2n) is 5.39. The molecule has 0 saturated carbocycles. The van der Waals surface area contributed by atoms with E-state index < -0.39 is 0 Å². The number of nitrogens with zero attached hydrogens (tertiary/aromatic N) is 2. The van der Waals surface area contributed by atoms with Gasteiger partial charge in [0.15, 0.2) is 0 Å². The molecule has 2 rings (SSSR count). The summed E-state index contributed by atoms with van der Waals surface area (Å²) >= 11 is 0. The second-order valence-corrected chi connectivity index (χ2v) is 5.39. The van der Waals surface area contributed by atoms with Gasteiger partial charge in [0.1, 0.15) is 0 Å². The summed E-state index contributed by atoms with van der Waals surface area (Å²) in [6.07, 6.45) is 3.53. The molecule has 0 radical (unpaired) electrons. The Morgan fingerprint density at radius 3 is 2.63 bits per heavy atom. The zero-order chi connectivity index (χ0) is 13.0. The molecule has 2 unspecified atom stereocenters. The smallest absolute Gasteiger partial charge is 0.236 e. The maximum absolute atomic E-state index is 12.2. The molecule has 0 aromatic carbocycles. The van der Waals surface area contributed by atoms with Gasteiger partial charge in [-0.1, -0.05) is 6.42 Å². The van der Waals surface area contributed by atoms with Crippen molar-refractivity contribution < 1.29 is 9.53 Å². The minimum atomic E-state index is 0. The largest absolute Gasteiger partial charge is 0.378 e. The van der Waals surface area contributed by atoms with Crippen LogP contribution < -0.4 is 5.73 Å². The number of halogens is 1. The maximum Gasteiger partial charge on any atom is 0.236 e. The van der Waals surface area contributed by atoms with Crippen LogP contribution in [-0.4, -0.2) is 67.2 Å². The van der Waals surface area contributed by atoms with E-state index in [1.54, 1.807) is 0 Å². The lowest BCUT2D eigenvalue weighted by Gasteiger charge is -2.39. The number of carbonyl (C=O) groups is 1. The molecule has 2 saturated heterocycles. The Bertz CT molecular complexity index is 283. The van der Waals surface area contributed by atoms with Crippen LogP contribution in [0.2, 0.25) is 0 Å². The highest BCUT2D eigenvalue weighted by Crippen LogP contribution is 2.19. The first-order valence-electron chi connectivity index (χ1n) is 7.03. The van der Waals surface area contributed by atoms with Crippen molar-refractivity contribution in [2.24, 2.45) is 5.73 Å². The molecule has 2 heterocycles. The van der Waals surface area contributed by atoms with Gasteiger partial charge in [-0.05, 0) is 26.3 Å². The third-order valence-corrected chi connectivity index (χ3v) is 3.97. The van der Waals surface area contributed by atoms with Gasteiger partial charge in [-0.25, -0.2) is 0 Å². The van der Waals surface area contributed by atoms with Crippen molar-refractivity contribution >= 4 is 18.3 Å². The molecule has 0 spiro atoms. The van der Waals surface area contributed by atoms with Crippen molar-refractivity contribution in [2.45, 2.75) is 38.3 Å². The molecule has 0 aromatic rings. The minimum Gasteiger partial charge on any atom is -0.378 e. The maximum atomic E-state index is 12.2. The van der Waals surface area contributed by atoms with Crippen molar-refractivity contribution in [3.8, 4) is 0 Å².